The van der Waals surface area contributed by atoms with Gasteiger partial charge in [0.1, 0.15) is 0 Å². The topological polar surface area (TPSA) is 85.2 Å². The third-order valence-corrected chi connectivity index (χ3v) is 3.54. The van der Waals surface area contributed by atoms with Crippen LogP contribution in [0.25, 0.3) is 0 Å². The smallest absolute Gasteiger partial charge is 0.504 e. The number of para-hydroxylation sites is 1. The molecule has 1 rings (SSSR count). The molecule has 0 heterocycles. The molecule has 6 heteroatoms. The van der Waals surface area contributed by atoms with E-state index in [4.69, 9.17) is 14.6 Å². The van der Waals surface area contributed by atoms with E-state index in [9.17, 15) is 9.90 Å². The van der Waals surface area contributed by atoms with E-state index in [1.165, 1.54) is 6.07 Å². The molecule has 24 heavy (non-hydrogen) atoms. The van der Waals surface area contributed by atoms with Crippen LogP contribution < -0.4 is 4.74 Å². The Kier molecular flexibility index (Phi) is 8.57. The Labute approximate surface area is 143 Å². The predicted octanol–water partition coefficient (Wildman–Crippen LogP) is 4.65. The first-order valence-electron chi connectivity index (χ1n) is 8.51. The number of hydrogen-bond acceptors (Lipinski definition) is 5. The SMILES string of the molecule is CCCCC(OCCC)(OCCC)c1cccc(OC(=O)O)c1O. The molecule has 0 atom stereocenters. The van der Waals surface area contributed by atoms with Gasteiger partial charge in [0.15, 0.2) is 17.3 Å². The van der Waals surface area contributed by atoms with Gasteiger partial charge in [0.2, 0.25) is 0 Å². The number of phenolic OH excluding ortho intramolecular Hbond substituents is 1. The number of rotatable bonds is 11. The van der Waals surface area contributed by atoms with Crippen LogP contribution in [0.2, 0.25) is 0 Å². The molecular weight excluding hydrogens is 312 g/mol. The predicted molar refractivity (Wildman–Crippen MR) is 90.4 cm³/mol. The fourth-order valence-corrected chi connectivity index (χ4v) is 2.43. The van der Waals surface area contributed by atoms with Crippen molar-refractivity contribution < 1.29 is 29.2 Å². The first-order chi connectivity index (χ1) is 11.5. The first-order valence-corrected chi connectivity index (χ1v) is 8.51. The van der Waals surface area contributed by atoms with Crippen molar-refractivity contribution in [1.82, 2.24) is 0 Å². The summed E-state index contributed by atoms with van der Waals surface area (Å²) in [5.41, 5.74) is 0.400. The van der Waals surface area contributed by atoms with Crippen LogP contribution in [0.15, 0.2) is 18.2 Å². The molecular formula is C18H28O6. The van der Waals surface area contributed by atoms with Gasteiger partial charge in [-0.15, -0.1) is 0 Å². The maximum absolute atomic E-state index is 10.8. The molecule has 1 aromatic carbocycles. The Balaban J connectivity index is 3.30. The van der Waals surface area contributed by atoms with Crippen LogP contribution in [-0.4, -0.2) is 29.6 Å². The maximum atomic E-state index is 10.8. The molecule has 0 aromatic heterocycles. The van der Waals surface area contributed by atoms with Gasteiger partial charge in [-0.3, -0.25) is 0 Å². The van der Waals surface area contributed by atoms with Crippen molar-refractivity contribution in [2.75, 3.05) is 13.2 Å². The molecule has 136 valence electrons. The van der Waals surface area contributed by atoms with Gasteiger partial charge in [0, 0.05) is 6.42 Å². The van der Waals surface area contributed by atoms with E-state index < -0.39 is 11.9 Å². The molecule has 1 aromatic rings. The molecule has 0 saturated heterocycles. The zero-order valence-electron chi connectivity index (χ0n) is 14.7. The van der Waals surface area contributed by atoms with Crippen LogP contribution in [0.4, 0.5) is 4.79 Å². The second-order valence-corrected chi connectivity index (χ2v) is 5.57. The van der Waals surface area contributed by atoms with Crippen molar-refractivity contribution in [3.8, 4) is 11.5 Å². The van der Waals surface area contributed by atoms with Crippen molar-refractivity contribution in [3.05, 3.63) is 23.8 Å². The third kappa shape index (κ3) is 5.39. The normalized spacial score (nSPS) is 11.5. The molecule has 0 spiro atoms. The summed E-state index contributed by atoms with van der Waals surface area (Å²) in [6, 6.07) is 4.71. The number of aromatic hydroxyl groups is 1. The standard InChI is InChI=1S/C18H28O6/c1-4-7-11-18(22-12-5-2,23-13-6-3)14-9-8-10-15(16(14)19)24-17(20)21/h8-10,19H,4-7,11-13H2,1-3H3,(H,20,21). The van der Waals surface area contributed by atoms with Gasteiger partial charge >= 0.3 is 6.16 Å². The van der Waals surface area contributed by atoms with Crippen LogP contribution in [0, 0.1) is 0 Å². The number of hydrogen-bond donors (Lipinski definition) is 2. The highest BCUT2D eigenvalue weighted by Crippen LogP contribution is 2.42. The second-order valence-electron chi connectivity index (χ2n) is 5.57. The van der Waals surface area contributed by atoms with Crippen molar-refractivity contribution in [2.24, 2.45) is 0 Å². The molecule has 0 fully saturated rings. The van der Waals surface area contributed by atoms with Crippen LogP contribution in [0.3, 0.4) is 0 Å². The van der Waals surface area contributed by atoms with Crippen LogP contribution in [-0.2, 0) is 15.3 Å². The number of benzene rings is 1. The van der Waals surface area contributed by atoms with Gasteiger partial charge in [-0.25, -0.2) is 4.79 Å². The molecule has 0 bridgehead atoms. The zero-order valence-corrected chi connectivity index (χ0v) is 14.7. The highest BCUT2D eigenvalue weighted by molar-refractivity contribution is 5.63. The Morgan fingerprint density at radius 2 is 1.71 bits per heavy atom. The average Bonchev–Trinajstić information content (AvgIpc) is 2.56. The summed E-state index contributed by atoms with van der Waals surface area (Å²) in [5, 5.41) is 19.3. The molecule has 0 radical (unpaired) electrons. The van der Waals surface area contributed by atoms with Gasteiger partial charge in [0.05, 0.1) is 18.8 Å². The minimum atomic E-state index is -1.48. The third-order valence-electron chi connectivity index (χ3n) is 3.54. The lowest BCUT2D eigenvalue weighted by atomic mass is 9.97. The van der Waals surface area contributed by atoms with E-state index >= 15 is 0 Å². The molecule has 0 saturated carbocycles. The fourth-order valence-electron chi connectivity index (χ4n) is 2.43. The molecule has 0 aliphatic carbocycles. The highest BCUT2D eigenvalue weighted by Gasteiger charge is 2.37. The Morgan fingerprint density at radius 1 is 1.08 bits per heavy atom. The van der Waals surface area contributed by atoms with E-state index in [1.807, 2.05) is 13.8 Å². The average molecular weight is 340 g/mol. The van der Waals surface area contributed by atoms with Crippen LogP contribution in [0.1, 0.15) is 58.4 Å². The lowest BCUT2D eigenvalue weighted by Gasteiger charge is -2.35. The number of carbonyl (C=O) groups is 1. The number of ether oxygens (including phenoxy) is 3. The van der Waals surface area contributed by atoms with Crippen LogP contribution >= 0.6 is 0 Å². The summed E-state index contributed by atoms with van der Waals surface area (Å²) in [6.45, 7) is 6.99. The Morgan fingerprint density at radius 3 is 2.21 bits per heavy atom. The molecule has 0 unspecified atom stereocenters. The summed E-state index contributed by atoms with van der Waals surface area (Å²) in [5.74, 6) is -1.49. The molecule has 0 aliphatic heterocycles. The summed E-state index contributed by atoms with van der Waals surface area (Å²) in [7, 11) is 0. The molecule has 2 N–H and O–H groups in total. The largest absolute Gasteiger partial charge is 0.511 e. The molecule has 0 aliphatic rings. The van der Waals surface area contributed by atoms with Gasteiger partial charge < -0.3 is 24.4 Å². The molecule has 6 nitrogen and oxygen atoms in total. The van der Waals surface area contributed by atoms with Gasteiger partial charge in [-0.1, -0.05) is 33.3 Å². The number of phenols is 1. The van der Waals surface area contributed by atoms with E-state index in [1.54, 1.807) is 12.1 Å². The Bertz CT molecular complexity index is 492. The summed E-state index contributed by atoms with van der Waals surface area (Å²) in [4.78, 5) is 10.8. The first kappa shape index (κ1) is 20.3. The summed E-state index contributed by atoms with van der Waals surface area (Å²) in [6.07, 6.45) is 2.47. The quantitative estimate of drug-likeness (QED) is 0.347. The van der Waals surface area contributed by atoms with Crippen LogP contribution in [0.5, 0.6) is 11.5 Å². The van der Waals surface area contributed by atoms with Gasteiger partial charge in [-0.2, -0.15) is 0 Å². The monoisotopic (exact) mass is 340 g/mol. The fraction of sp³-hybridized carbons (Fsp3) is 0.611. The van der Waals surface area contributed by atoms with Gasteiger partial charge in [-0.05, 0) is 31.4 Å². The van der Waals surface area contributed by atoms with Gasteiger partial charge in [0.25, 0.3) is 0 Å². The van der Waals surface area contributed by atoms with E-state index in [0.29, 0.717) is 25.2 Å². The van der Waals surface area contributed by atoms with Crippen molar-refractivity contribution in [3.63, 3.8) is 0 Å². The molecule has 0 amide bonds. The Hall–Kier alpha value is -1.79. The summed E-state index contributed by atoms with van der Waals surface area (Å²) >= 11 is 0. The van der Waals surface area contributed by atoms with Crippen molar-refractivity contribution in [1.29, 1.82) is 0 Å². The lowest BCUT2D eigenvalue weighted by Crippen LogP contribution is -2.34. The number of unbranched alkanes of at least 4 members (excludes halogenated alkanes) is 1. The second kappa shape index (κ2) is 10.2. The van der Waals surface area contributed by atoms with E-state index in [-0.39, 0.29) is 11.5 Å². The lowest BCUT2D eigenvalue weighted by molar-refractivity contribution is -0.252. The zero-order chi connectivity index (χ0) is 18.0. The minimum Gasteiger partial charge on any atom is -0.504 e. The van der Waals surface area contributed by atoms with E-state index in [0.717, 1.165) is 25.7 Å². The number of carboxylic acid groups (broad SMARTS) is 1. The van der Waals surface area contributed by atoms with Crippen molar-refractivity contribution in [2.45, 2.75) is 58.7 Å². The minimum absolute atomic E-state index is 0.124. The maximum Gasteiger partial charge on any atom is 0.511 e. The van der Waals surface area contributed by atoms with Crippen molar-refractivity contribution >= 4 is 6.16 Å². The van der Waals surface area contributed by atoms with E-state index in [2.05, 4.69) is 11.7 Å². The highest BCUT2D eigenvalue weighted by atomic mass is 16.7. The summed E-state index contributed by atoms with van der Waals surface area (Å²) < 4.78 is 16.7.